The molecule has 134 valence electrons. The number of nitrogens with two attached hydrogens (primary N) is 1. The predicted molar refractivity (Wildman–Crippen MR) is 91.4 cm³/mol. The molecule has 1 aliphatic rings. The van der Waals surface area contributed by atoms with E-state index in [1.54, 1.807) is 0 Å². The zero-order chi connectivity index (χ0) is 19.6. The van der Waals surface area contributed by atoms with Gasteiger partial charge in [0, 0.05) is 10.6 Å². The first-order valence-electron chi connectivity index (χ1n) is 7.26. The smallest absolute Gasteiger partial charge is 0.316 e. The van der Waals surface area contributed by atoms with Gasteiger partial charge in [0.2, 0.25) is 11.5 Å². The van der Waals surface area contributed by atoms with Crippen LogP contribution < -0.4 is 5.73 Å². The largest absolute Gasteiger partial charge is 0.445 e. The number of amides is 4. The van der Waals surface area contributed by atoms with Crippen LogP contribution in [-0.4, -0.2) is 64.5 Å². The van der Waals surface area contributed by atoms with Gasteiger partial charge < -0.3 is 5.73 Å². The van der Waals surface area contributed by atoms with Crippen molar-refractivity contribution in [3.05, 3.63) is 34.9 Å². The maximum Gasteiger partial charge on any atom is 0.445 e. The Bertz CT molecular complexity index is 902. The Labute approximate surface area is 152 Å². The van der Waals surface area contributed by atoms with Gasteiger partial charge in [-0.25, -0.2) is 9.59 Å². The molecule has 0 fully saturated rings. The minimum Gasteiger partial charge on any atom is -0.316 e. The van der Waals surface area contributed by atoms with Gasteiger partial charge in [0.25, 0.3) is 5.84 Å². The van der Waals surface area contributed by atoms with Crippen LogP contribution in [0.25, 0.3) is 0 Å². The lowest BCUT2D eigenvalue weighted by Gasteiger charge is -2.17. The second-order valence-electron chi connectivity index (χ2n) is 5.39. The van der Waals surface area contributed by atoms with E-state index >= 15 is 0 Å². The number of imide groups is 1. The van der Waals surface area contributed by atoms with Crippen molar-refractivity contribution in [2.45, 2.75) is 6.42 Å². The summed E-state index contributed by atoms with van der Waals surface area (Å²) in [5, 5.41) is 0.417. The first-order valence-corrected chi connectivity index (χ1v) is 7.64. The highest BCUT2D eigenvalue weighted by Gasteiger charge is 2.40. The normalized spacial score (nSPS) is 16.3. The maximum atomic E-state index is 12.0. The van der Waals surface area contributed by atoms with Gasteiger partial charge >= 0.3 is 17.8 Å². The molecule has 0 bridgehead atoms. The Morgan fingerprint density at radius 1 is 1.19 bits per heavy atom. The number of aliphatic imine (C=N–C) groups is 1. The van der Waals surface area contributed by atoms with E-state index in [0.29, 0.717) is 9.92 Å². The monoisotopic (exact) mass is 377 g/mol. The highest BCUT2D eigenvalue weighted by Crippen LogP contribution is 2.11. The van der Waals surface area contributed by atoms with Crippen molar-refractivity contribution in [2.75, 3.05) is 14.1 Å². The van der Waals surface area contributed by atoms with Gasteiger partial charge in [-0.3, -0.25) is 14.4 Å². The molecule has 10 heteroatoms. The number of benzene rings is 1. The van der Waals surface area contributed by atoms with Crippen LogP contribution in [-0.2, 0) is 14.4 Å². The fourth-order valence-corrected chi connectivity index (χ4v) is 2.20. The molecule has 1 aromatic carbocycles. The molecule has 0 saturated carbocycles. The molecule has 1 aromatic rings. The molecule has 0 unspecified atom stereocenters. The molecule has 0 aromatic heterocycles. The van der Waals surface area contributed by atoms with Crippen LogP contribution in [0.1, 0.15) is 16.8 Å². The van der Waals surface area contributed by atoms with Gasteiger partial charge in [-0.2, -0.15) is 14.5 Å². The Morgan fingerprint density at radius 2 is 1.77 bits per heavy atom. The third-order valence-corrected chi connectivity index (χ3v) is 3.88. The molecular weight excluding hydrogens is 364 g/mol. The zero-order valence-electron chi connectivity index (χ0n) is 13.9. The highest BCUT2D eigenvalue weighted by atomic mass is 35.5. The molecule has 9 nitrogen and oxygen atoms in total. The second kappa shape index (κ2) is 7.36. The first-order chi connectivity index (χ1) is 12.1. The van der Waals surface area contributed by atoms with Crippen molar-refractivity contribution in [1.82, 2.24) is 4.90 Å². The number of nitrogens with zero attached hydrogens (tertiary/aromatic N) is 3. The fourth-order valence-electron chi connectivity index (χ4n) is 2.07. The number of rotatable bonds is 4. The average Bonchev–Trinajstić information content (AvgIpc) is 2.62. The number of hydrogen-bond donors (Lipinski definition) is 1. The third kappa shape index (κ3) is 3.72. The first kappa shape index (κ1) is 19.1. The summed E-state index contributed by atoms with van der Waals surface area (Å²) < 4.78 is 0.914. The predicted octanol–water partition coefficient (Wildman–Crippen LogP) is 0.0410. The molecular formula is C16H14ClN4O5+. The minimum absolute atomic E-state index is 0.202. The Kier molecular flexibility index (Phi) is 5.41. The van der Waals surface area contributed by atoms with Gasteiger partial charge in [0.15, 0.2) is 5.78 Å². The molecule has 1 heterocycles. The topological polar surface area (TPSA) is 130 Å². The van der Waals surface area contributed by atoms with E-state index in [1.165, 1.54) is 38.4 Å². The number of amidine groups is 1. The van der Waals surface area contributed by atoms with E-state index in [4.69, 9.17) is 17.3 Å². The summed E-state index contributed by atoms with van der Waals surface area (Å²) in [5.74, 6) is -4.30. The summed E-state index contributed by atoms with van der Waals surface area (Å²) in [6.07, 6.45) is -0.726. The van der Waals surface area contributed by atoms with Crippen molar-refractivity contribution >= 4 is 52.6 Å². The van der Waals surface area contributed by atoms with E-state index in [0.717, 1.165) is 4.58 Å². The van der Waals surface area contributed by atoms with Gasteiger partial charge in [-0.1, -0.05) is 11.6 Å². The standard InChI is InChI=1S/C16H13ClN4O5/c1-20-13(18)12(15(25)21(2)16(20)26)19-14(24)11(23)7-10(22)8-3-5-9(17)6-4-8/h3-6,18H,7H2,1-2H3/p+1. The molecule has 0 spiro atoms. The van der Waals surface area contributed by atoms with Crippen molar-refractivity contribution in [3.8, 4) is 0 Å². The molecule has 4 amide bonds. The van der Waals surface area contributed by atoms with E-state index in [9.17, 15) is 24.0 Å². The summed E-state index contributed by atoms with van der Waals surface area (Å²) in [6, 6.07) is 5.07. The van der Waals surface area contributed by atoms with Crippen LogP contribution in [0.3, 0.4) is 0 Å². The number of carbonyl (C=O) groups excluding carboxylic acids is 5. The van der Waals surface area contributed by atoms with Crippen LogP contribution in [0.2, 0.25) is 5.02 Å². The van der Waals surface area contributed by atoms with Crippen LogP contribution in [0, 0.1) is 0 Å². The van der Waals surface area contributed by atoms with Crippen LogP contribution in [0.5, 0.6) is 0 Å². The number of hydrogen-bond acceptors (Lipinski definition) is 6. The quantitative estimate of drug-likeness (QED) is 0.341. The van der Waals surface area contributed by atoms with Crippen molar-refractivity contribution in [1.29, 1.82) is 0 Å². The average molecular weight is 378 g/mol. The molecule has 0 radical (unpaired) electrons. The SMILES string of the molecule is CN1C(=O)C(=NC(=O)C(=O)CC(=O)c2ccc(Cl)cc2)C(N)=[N+](C)C1=O. The second-order valence-corrected chi connectivity index (χ2v) is 5.82. The lowest BCUT2D eigenvalue weighted by molar-refractivity contribution is -0.401. The summed E-state index contributed by atoms with van der Waals surface area (Å²) in [4.78, 5) is 63.8. The van der Waals surface area contributed by atoms with E-state index in [1.807, 2.05) is 0 Å². The van der Waals surface area contributed by atoms with Crippen molar-refractivity contribution in [2.24, 2.45) is 10.7 Å². The minimum atomic E-state index is -1.31. The van der Waals surface area contributed by atoms with Gasteiger partial charge in [0.05, 0.1) is 20.5 Å². The van der Waals surface area contributed by atoms with E-state index in [-0.39, 0.29) is 11.4 Å². The molecule has 0 atom stereocenters. The summed E-state index contributed by atoms with van der Waals surface area (Å²) in [5.41, 5.74) is 5.29. The Hall–Kier alpha value is -3.20. The summed E-state index contributed by atoms with van der Waals surface area (Å²) in [6.45, 7) is 0. The van der Waals surface area contributed by atoms with Gasteiger partial charge in [0.1, 0.15) is 0 Å². The number of ketones is 2. The zero-order valence-corrected chi connectivity index (χ0v) is 14.6. The highest BCUT2D eigenvalue weighted by molar-refractivity contribution is 6.68. The van der Waals surface area contributed by atoms with Crippen LogP contribution in [0.15, 0.2) is 29.3 Å². The van der Waals surface area contributed by atoms with Crippen LogP contribution in [0.4, 0.5) is 4.79 Å². The molecule has 2 rings (SSSR count). The number of urea groups is 1. The summed E-state index contributed by atoms with van der Waals surface area (Å²) >= 11 is 5.71. The lowest BCUT2D eigenvalue weighted by Crippen LogP contribution is -2.55. The Balaban J connectivity index is 2.20. The number of Topliss-reactive ketones (excluding diaryl/α,β-unsaturated/α-hetero) is 2. The molecule has 2 N–H and O–H groups in total. The fraction of sp³-hybridized carbons (Fsp3) is 0.188. The Morgan fingerprint density at radius 3 is 2.35 bits per heavy atom. The number of carbonyl (C=O) groups is 5. The van der Waals surface area contributed by atoms with Crippen molar-refractivity contribution in [3.63, 3.8) is 0 Å². The van der Waals surface area contributed by atoms with Crippen molar-refractivity contribution < 1.29 is 28.5 Å². The lowest BCUT2D eigenvalue weighted by atomic mass is 10.1. The van der Waals surface area contributed by atoms with Gasteiger partial charge in [-0.05, 0) is 24.3 Å². The molecule has 0 saturated heterocycles. The van der Waals surface area contributed by atoms with E-state index < -0.39 is 41.5 Å². The maximum absolute atomic E-state index is 12.0. The van der Waals surface area contributed by atoms with Crippen LogP contribution >= 0.6 is 11.6 Å². The molecule has 26 heavy (non-hydrogen) atoms. The van der Waals surface area contributed by atoms with Gasteiger partial charge in [-0.15, -0.1) is 0 Å². The summed E-state index contributed by atoms with van der Waals surface area (Å²) in [7, 11) is 2.46. The van der Waals surface area contributed by atoms with E-state index in [2.05, 4.69) is 4.99 Å². The number of halogens is 1. The third-order valence-electron chi connectivity index (χ3n) is 3.62. The molecule has 0 aliphatic carbocycles. The molecule has 1 aliphatic heterocycles.